The van der Waals surface area contributed by atoms with Crippen LogP contribution in [-0.2, 0) is 16.6 Å². The third kappa shape index (κ3) is 2.78. The first kappa shape index (κ1) is 13.7. The Bertz CT molecular complexity index is 629. The number of sulfonamides is 1. The van der Waals surface area contributed by atoms with Gasteiger partial charge in [-0.25, -0.2) is 8.42 Å². The third-order valence-corrected chi connectivity index (χ3v) is 6.07. The van der Waals surface area contributed by atoms with Gasteiger partial charge in [0.2, 0.25) is 0 Å². The van der Waals surface area contributed by atoms with Crippen molar-refractivity contribution in [2.75, 3.05) is 26.2 Å². The summed E-state index contributed by atoms with van der Waals surface area (Å²) in [5.74, 6) is 0. The summed E-state index contributed by atoms with van der Waals surface area (Å²) in [5.41, 5.74) is 0. The van der Waals surface area contributed by atoms with Gasteiger partial charge in [-0.2, -0.15) is 9.40 Å². The van der Waals surface area contributed by atoms with E-state index in [2.05, 4.69) is 26.5 Å². The molecular formula is C12H16N4O2S2. The van der Waals surface area contributed by atoms with Crippen molar-refractivity contribution in [1.82, 2.24) is 19.4 Å². The van der Waals surface area contributed by atoms with Crippen LogP contribution in [0.5, 0.6) is 0 Å². The molecule has 108 valence electrons. The number of nitrogens with one attached hydrogen (secondary N) is 1. The average molecular weight is 312 g/mol. The number of thiophene rings is 1. The SMILES string of the molecule is O=S(=O)(c1ccn[nH]1)N1CCN(Cc2cccs2)CC1. The predicted molar refractivity (Wildman–Crippen MR) is 76.9 cm³/mol. The van der Waals surface area contributed by atoms with Crippen LogP contribution in [0.1, 0.15) is 4.88 Å². The van der Waals surface area contributed by atoms with Gasteiger partial charge < -0.3 is 0 Å². The summed E-state index contributed by atoms with van der Waals surface area (Å²) in [6, 6.07) is 5.64. The van der Waals surface area contributed by atoms with Crippen molar-refractivity contribution in [2.24, 2.45) is 0 Å². The Morgan fingerprint density at radius 2 is 2.05 bits per heavy atom. The molecule has 0 bridgehead atoms. The molecule has 0 spiro atoms. The van der Waals surface area contributed by atoms with E-state index in [0.29, 0.717) is 13.1 Å². The molecule has 0 amide bonds. The van der Waals surface area contributed by atoms with E-state index < -0.39 is 10.0 Å². The van der Waals surface area contributed by atoms with Crippen LogP contribution in [0.15, 0.2) is 34.8 Å². The number of hydrogen-bond acceptors (Lipinski definition) is 5. The first-order valence-corrected chi connectivity index (χ1v) is 8.72. The average Bonchev–Trinajstić information content (AvgIpc) is 3.12. The highest BCUT2D eigenvalue weighted by Gasteiger charge is 2.29. The minimum absolute atomic E-state index is 0.171. The lowest BCUT2D eigenvalue weighted by Gasteiger charge is -2.33. The molecule has 1 N–H and O–H groups in total. The minimum Gasteiger partial charge on any atom is -0.296 e. The fraction of sp³-hybridized carbons (Fsp3) is 0.417. The van der Waals surface area contributed by atoms with Gasteiger partial charge in [0.15, 0.2) is 5.03 Å². The van der Waals surface area contributed by atoms with E-state index in [4.69, 9.17) is 0 Å². The molecule has 0 aromatic carbocycles. The molecule has 2 aromatic heterocycles. The molecule has 1 aliphatic rings. The van der Waals surface area contributed by atoms with Gasteiger partial charge in [0.1, 0.15) is 0 Å². The largest absolute Gasteiger partial charge is 0.296 e. The molecule has 8 heteroatoms. The predicted octanol–water partition coefficient (Wildman–Crippen LogP) is 0.978. The normalized spacial score (nSPS) is 18.4. The van der Waals surface area contributed by atoms with Crippen LogP contribution in [0.4, 0.5) is 0 Å². The van der Waals surface area contributed by atoms with Crippen LogP contribution >= 0.6 is 11.3 Å². The third-order valence-electron chi connectivity index (χ3n) is 3.38. The number of H-pyrrole nitrogens is 1. The molecule has 0 atom stereocenters. The lowest BCUT2D eigenvalue weighted by molar-refractivity contribution is 0.182. The number of aromatic nitrogens is 2. The zero-order valence-corrected chi connectivity index (χ0v) is 12.5. The second-order valence-corrected chi connectivity index (χ2v) is 7.62. The zero-order chi connectivity index (χ0) is 14.0. The van der Waals surface area contributed by atoms with E-state index >= 15 is 0 Å². The maximum atomic E-state index is 12.3. The summed E-state index contributed by atoms with van der Waals surface area (Å²) < 4.78 is 26.1. The molecule has 0 saturated carbocycles. The van der Waals surface area contributed by atoms with Crippen molar-refractivity contribution >= 4 is 21.4 Å². The smallest absolute Gasteiger partial charge is 0.260 e. The highest BCUT2D eigenvalue weighted by atomic mass is 32.2. The maximum absolute atomic E-state index is 12.3. The summed E-state index contributed by atoms with van der Waals surface area (Å²) in [7, 11) is -3.41. The second kappa shape index (κ2) is 5.65. The Balaban J connectivity index is 1.61. The Hall–Kier alpha value is -1.22. The van der Waals surface area contributed by atoms with Crippen LogP contribution in [-0.4, -0.2) is 54.0 Å². The molecule has 1 saturated heterocycles. The number of aromatic amines is 1. The van der Waals surface area contributed by atoms with Gasteiger partial charge in [-0.1, -0.05) is 6.07 Å². The standard InChI is InChI=1S/C12H16N4O2S2/c17-20(18,12-3-4-13-14-12)16-7-5-15(6-8-16)10-11-2-1-9-19-11/h1-4,9H,5-8,10H2,(H,13,14). The zero-order valence-electron chi connectivity index (χ0n) is 10.9. The Labute approximate surface area is 122 Å². The fourth-order valence-electron chi connectivity index (χ4n) is 2.28. The molecule has 0 aliphatic carbocycles. The monoisotopic (exact) mass is 312 g/mol. The van der Waals surface area contributed by atoms with E-state index in [1.807, 2.05) is 6.07 Å². The highest BCUT2D eigenvalue weighted by Crippen LogP contribution is 2.17. The summed E-state index contributed by atoms with van der Waals surface area (Å²) in [4.78, 5) is 3.60. The molecule has 1 fully saturated rings. The van der Waals surface area contributed by atoms with Crippen molar-refractivity contribution < 1.29 is 8.42 Å². The summed E-state index contributed by atoms with van der Waals surface area (Å²) >= 11 is 1.73. The molecular weight excluding hydrogens is 296 g/mol. The fourth-order valence-corrected chi connectivity index (χ4v) is 4.35. The summed E-state index contributed by atoms with van der Waals surface area (Å²) in [6.45, 7) is 3.45. The van der Waals surface area contributed by atoms with Crippen LogP contribution in [0, 0.1) is 0 Å². The van der Waals surface area contributed by atoms with E-state index in [0.717, 1.165) is 19.6 Å². The number of hydrogen-bond donors (Lipinski definition) is 1. The van der Waals surface area contributed by atoms with Crippen molar-refractivity contribution in [1.29, 1.82) is 0 Å². The summed E-state index contributed by atoms with van der Waals surface area (Å²) in [6.07, 6.45) is 1.46. The van der Waals surface area contributed by atoms with Gasteiger partial charge >= 0.3 is 0 Å². The Kier molecular flexibility index (Phi) is 3.88. The van der Waals surface area contributed by atoms with Crippen molar-refractivity contribution in [3.63, 3.8) is 0 Å². The number of rotatable bonds is 4. The van der Waals surface area contributed by atoms with Gasteiger partial charge in [-0.05, 0) is 17.5 Å². The lowest BCUT2D eigenvalue weighted by atomic mass is 10.3. The van der Waals surface area contributed by atoms with Crippen molar-refractivity contribution in [3.8, 4) is 0 Å². The van der Waals surface area contributed by atoms with E-state index in [1.54, 1.807) is 11.3 Å². The topological polar surface area (TPSA) is 69.3 Å². The number of piperazine rings is 1. The Morgan fingerprint density at radius 3 is 2.65 bits per heavy atom. The van der Waals surface area contributed by atoms with E-state index in [1.165, 1.54) is 21.4 Å². The number of nitrogens with zero attached hydrogens (tertiary/aromatic N) is 3. The molecule has 3 rings (SSSR count). The van der Waals surface area contributed by atoms with Crippen LogP contribution in [0.3, 0.4) is 0 Å². The first-order chi connectivity index (χ1) is 9.66. The van der Waals surface area contributed by atoms with Gasteiger partial charge in [0.05, 0.1) is 6.20 Å². The molecule has 0 radical (unpaired) electrons. The second-order valence-electron chi connectivity index (χ2n) is 4.68. The van der Waals surface area contributed by atoms with Crippen molar-refractivity contribution in [3.05, 3.63) is 34.7 Å². The molecule has 1 aliphatic heterocycles. The molecule has 0 unspecified atom stereocenters. The van der Waals surface area contributed by atoms with E-state index in [9.17, 15) is 8.42 Å². The van der Waals surface area contributed by atoms with Crippen LogP contribution in [0.25, 0.3) is 0 Å². The summed E-state index contributed by atoms with van der Waals surface area (Å²) in [5, 5.41) is 8.47. The van der Waals surface area contributed by atoms with Gasteiger partial charge in [-0.3, -0.25) is 10.00 Å². The molecule has 6 nitrogen and oxygen atoms in total. The van der Waals surface area contributed by atoms with Gasteiger partial charge in [0.25, 0.3) is 10.0 Å². The lowest BCUT2D eigenvalue weighted by Crippen LogP contribution is -2.48. The van der Waals surface area contributed by atoms with Crippen molar-refractivity contribution in [2.45, 2.75) is 11.6 Å². The minimum atomic E-state index is -3.41. The molecule has 20 heavy (non-hydrogen) atoms. The first-order valence-electron chi connectivity index (χ1n) is 6.40. The van der Waals surface area contributed by atoms with Gasteiger partial charge in [-0.15, -0.1) is 11.3 Å². The molecule has 3 heterocycles. The van der Waals surface area contributed by atoms with Crippen LogP contribution < -0.4 is 0 Å². The van der Waals surface area contributed by atoms with E-state index in [-0.39, 0.29) is 5.03 Å². The maximum Gasteiger partial charge on any atom is 0.260 e. The van der Waals surface area contributed by atoms with Gasteiger partial charge in [0, 0.05) is 37.6 Å². The van der Waals surface area contributed by atoms with Crippen LogP contribution in [0.2, 0.25) is 0 Å². The molecule has 2 aromatic rings. The Morgan fingerprint density at radius 1 is 1.25 bits per heavy atom. The quantitative estimate of drug-likeness (QED) is 0.913. The highest BCUT2D eigenvalue weighted by molar-refractivity contribution is 7.89.